The number of hydrogen-bond donors (Lipinski definition) is 0. The molecule has 1 saturated heterocycles. The number of ether oxygens (including phenoxy) is 3. The molecule has 1 aliphatic rings. The van der Waals surface area contributed by atoms with Crippen molar-refractivity contribution in [1.29, 1.82) is 0 Å². The average molecular weight is 363 g/mol. The Morgan fingerprint density at radius 3 is 2.74 bits per heavy atom. The van der Waals surface area contributed by atoms with E-state index in [1.54, 1.807) is 0 Å². The first-order valence-electron chi connectivity index (χ1n) is 7.13. The molecule has 1 aromatic carbocycles. The van der Waals surface area contributed by atoms with E-state index in [0.717, 1.165) is 19.1 Å². The number of methoxy groups -OCH3 is 1. The van der Waals surface area contributed by atoms with Crippen LogP contribution in [0, 0.1) is 0 Å². The van der Waals surface area contributed by atoms with Gasteiger partial charge in [-0.25, -0.2) is 13.2 Å². The highest BCUT2D eigenvalue weighted by atomic mass is 35.5. The monoisotopic (exact) mass is 362 g/mol. The molecule has 2 rings (SSSR count). The SMILES string of the molecule is COC(=O)c1ccc(S(C)(=O)=O)c(COCC2CCCO2)c1Cl. The zero-order chi connectivity index (χ0) is 17.0. The van der Waals surface area contributed by atoms with Crippen molar-refractivity contribution in [3.05, 3.63) is 28.3 Å². The average Bonchev–Trinajstić information content (AvgIpc) is 3.00. The lowest BCUT2D eigenvalue weighted by atomic mass is 10.1. The van der Waals surface area contributed by atoms with Crippen LogP contribution in [0.15, 0.2) is 17.0 Å². The number of carbonyl (C=O) groups is 1. The van der Waals surface area contributed by atoms with Crippen LogP contribution in [-0.2, 0) is 30.7 Å². The molecule has 0 aromatic heterocycles. The highest BCUT2D eigenvalue weighted by Gasteiger charge is 2.23. The smallest absolute Gasteiger partial charge is 0.339 e. The molecule has 8 heteroatoms. The van der Waals surface area contributed by atoms with Crippen molar-refractivity contribution >= 4 is 27.4 Å². The first-order chi connectivity index (χ1) is 10.8. The van der Waals surface area contributed by atoms with Crippen LogP contribution in [0.25, 0.3) is 0 Å². The highest BCUT2D eigenvalue weighted by Crippen LogP contribution is 2.29. The maximum absolute atomic E-state index is 11.9. The Labute approximate surface area is 140 Å². The largest absolute Gasteiger partial charge is 0.465 e. The summed E-state index contributed by atoms with van der Waals surface area (Å²) in [7, 11) is -2.27. The Bertz CT molecular complexity index is 679. The molecule has 6 nitrogen and oxygen atoms in total. The summed E-state index contributed by atoms with van der Waals surface area (Å²) in [6, 6.07) is 2.69. The molecule has 0 amide bonds. The lowest BCUT2D eigenvalue weighted by molar-refractivity contribution is 0.00997. The molecule has 1 unspecified atom stereocenters. The first kappa shape index (κ1) is 18.2. The number of esters is 1. The minimum absolute atomic E-state index is 0.0132. The molecule has 0 aliphatic carbocycles. The van der Waals surface area contributed by atoms with E-state index >= 15 is 0 Å². The standard InChI is InChI=1S/C15H19ClO6S/c1-20-15(17)11-5-6-13(23(2,18)19)12(14(11)16)9-21-8-10-4-3-7-22-10/h5-6,10H,3-4,7-9H2,1-2H3. The van der Waals surface area contributed by atoms with Crippen LogP contribution in [0.3, 0.4) is 0 Å². The predicted octanol–water partition coefficient (Wildman–Crippen LogP) is 2.23. The summed E-state index contributed by atoms with van der Waals surface area (Å²) in [5.74, 6) is -0.629. The quantitative estimate of drug-likeness (QED) is 0.722. The van der Waals surface area contributed by atoms with Crippen LogP contribution in [0.2, 0.25) is 5.02 Å². The van der Waals surface area contributed by atoms with Crippen LogP contribution >= 0.6 is 11.6 Å². The number of hydrogen-bond acceptors (Lipinski definition) is 6. The molecule has 0 saturated carbocycles. The minimum atomic E-state index is -3.50. The van der Waals surface area contributed by atoms with Crippen molar-refractivity contribution in [3.63, 3.8) is 0 Å². The van der Waals surface area contributed by atoms with Crippen molar-refractivity contribution in [2.75, 3.05) is 26.6 Å². The molecule has 0 N–H and O–H groups in total. The van der Waals surface area contributed by atoms with E-state index in [1.165, 1.54) is 19.2 Å². The molecule has 0 spiro atoms. The Kier molecular flexibility index (Phi) is 6.02. The van der Waals surface area contributed by atoms with Gasteiger partial charge in [0, 0.05) is 18.4 Å². The third-order valence-corrected chi connectivity index (χ3v) is 5.19. The van der Waals surface area contributed by atoms with Crippen molar-refractivity contribution in [1.82, 2.24) is 0 Å². The first-order valence-corrected chi connectivity index (χ1v) is 9.40. The summed E-state index contributed by atoms with van der Waals surface area (Å²) in [5.41, 5.74) is 0.368. The number of sulfone groups is 1. The van der Waals surface area contributed by atoms with Gasteiger partial charge in [0.15, 0.2) is 9.84 Å². The third kappa shape index (κ3) is 4.44. The maximum atomic E-state index is 11.9. The molecule has 1 aromatic rings. The molecule has 1 aliphatic heterocycles. The molecule has 0 radical (unpaired) electrons. The van der Waals surface area contributed by atoms with Crippen molar-refractivity contribution in [2.24, 2.45) is 0 Å². The summed E-state index contributed by atoms with van der Waals surface area (Å²) < 4.78 is 39.5. The van der Waals surface area contributed by atoms with Crippen molar-refractivity contribution in [3.8, 4) is 0 Å². The summed E-state index contributed by atoms with van der Waals surface area (Å²) >= 11 is 6.21. The zero-order valence-electron chi connectivity index (χ0n) is 13.0. The van der Waals surface area contributed by atoms with Crippen molar-refractivity contribution in [2.45, 2.75) is 30.4 Å². The fraction of sp³-hybridized carbons (Fsp3) is 0.533. The van der Waals surface area contributed by atoms with E-state index in [1.807, 2.05) is 0 Å². The van der Waals surface area contributed by atoms with Crippen LogP contribution in [-0.4, -0.2) is 47.1 Å². The highest BCUT2D eigenvalue weighted by molar-refractivity contribution is 7.90. The van der Waals surface area contributed by atoms with E-state index in [4.69, 9.17) is 21.1 Å². The second kappa shape index (κ2) is 7.61. The van der Waals surface area contributed by atoms with Gasteiger partial charge in [-0.15, -0.1) is 0 Å². The maximum Gasteiger partial charge on any atom is 0.339 e. The summed E-state index contributed by atoms with van der Waals surface area (Å²) in [4.78, 5) is 11.8. The van der Waals surface area contributed by atoms with Gasteiger partial charge in [-0.3, -0.25) is 0 Å². The summed E-state index contributed by atoms with van der Waals surface area (Å²) in [6.45, 7) is 1.04. The van der Waals surface area contributed by atoms with Crippen LogP contribution < -0.4 is 0 Å². The van der Waals surface area contributed by atoms with Gasteiger partial charge in [0.05, 0.1) is 41.9 Å². The molecule has 0 bridgehead atoms. The zero-order valence-corrected chi connectivity index (χ0v) is 14.6. The third-order valence-electron chi connectivity index (χ3n) is 3.58. The number of rotatable bonds is 6. The number of halogens is 1. The van der Waals surface area contributed by atoms with Crippen LogP contribution in [0.4, 0.5) is 0 Å². The fourth-order valence-electron chi connectivity index (χ4n) is 2.42. The van der Waals surface area contributed by atoms with Crippen molar-refractivity contribution < 1.29 is 27.4 Å². The molecule has 23 heavy (non-hydrogen) atoms. The Hall–Kier alpha value is -1.15. The molecule has 1 heterocycles. The Balaban J connectivity index is 2.26. The van der Waals surface area contributed by atoms with Gasteiger partial charge >= 0.3 is 5.97 Å². The van der Waals surface area contributed by atoms with Gasteiger partial charge in [-0.1, -0.05) is 11.6 Å². The van der Waals surface area contributed by atoms with Crippen LogP contribution in [0.1, 0.15) is 28.8 Å². The second-order valence-corrected chi connectivity index (χ2v) is 7.68. The van der Waals surface area contributed by atoms with E-state index in [-0.39, 0.29) is 33.8 Å². The van der Waals surface area contributed by atoms with Gasteiger partial charge in [0.1, 0.15) is 0 Å². The van der Waals surface area contributed by atoms with Gasteiger partial charge in [-0.05, 0) is 25.0 Å². The van der Waals surface area contributed by atoms with Gasteiger partial charge < -0.3 is 14.2 Å². The Morgan fingerprint density at radius 1 is 1.43 bits per heavy atom. The number of benzene rings is 1. The fourth-order valence-corrected chi connectivity index (χ4v) is 3.70. The summed E-state index contributed by atoms with van der Waals surface area (Å²) in [5, 5.41) is 0.0344. The molecule has 128 valence electrons. The lowest BCUT2D eigenvalue weighted by Gasteiger charge is -2.15. The topological polar surface area (TPSA) is 78.9 Å². The summed E-state index contributed by atoms with van der Waals surface area (Å²) in [6.07, 6.45) is 3.00. The molecular weight excluding hydrogens is 344 g/mol. The van der Waals surface area contributed by atoms with Gasteiger partial charge in [0.2, 0.25) is 0 Å². The molecule has 1 fully saturated rings. The van der Waals surface area contributed by atoms with E-state index < -0.39 is 15.8 Å². The van der Waals surface area contributed by atoms with E-state index in [0.29, 0.717) is 13.2 Å². The normalized spacial score (nSPS) is 18.1. The van der Waals surface area contributed by atoms with Crippen LogP contribution in [0.5, 0.6) is 0 Å². The predicted molar refractivity (Wildman–Crippen MR) is 84.5 cm³/mol. The molecular formula is C15H19ClO6S. The van der Waals surface area contributed by atoms with E-state index in [9.17, 15) is 13.2 Å². The van der Waals surface area contributed by atoms with E-state index in [2.05, 4.69) is 4.74 Å². The van der Waals surface area contributed by atoms with Gasteiger partial charge in [-0.2, -0.15) is 0 Å². The Morgan fingerprint density at radius 2 is 2.17 bits per heavy atom. The minimum Gasteiger partial charge on any atom is -0.465 e. The lowest BCUT2D eigenvalue weighted by Crippen LogP contribution is -2.15. The second-order valence-electron chi connectivity index (χ2n) is 5.32. The number of carbonyl (C=O) groups excluding carboxylic acids is 1. The van der Waals surface area contributed by atoms with Gasteiger partial charge in [0.25, 0.3) is 0 Å². The molecule has 1 atom stereocenters.